The van der Waals surface area contributed by atoms with E-state index < -0.39 is 10.0 Å². The van der Waals surface area contributed by atoms with Crippen molar-refractivity contribution in [1.82, 2.24) is 14.2 Å². The average Bonchev–Trinajstić information content (AvgIpc) is 2.97. The van der Waals surface area contributed by atoms with Gasteiger partial charge < -0.3 is 10.3 Å². The van der Waals surface area contributed by atoms with E-state index in [9.17, 15) is 8.42 Å². The van der Waals surface area contributed by atoms with Crippen LogP contribution >= 0.6 is 0 Å². The standard InChI is InChI=1S/C12H21N5O2S/c1-16(8-9-17-6-2-3-7-17)20(18,19)12-10-14-5-4-11(12)15-13/h4-5,10H,2-3,6-9,13H2,1H3,(H,14,15). The molecule has 7 nitrogen and oxygen atoms in total. The first kappa shape index (κ1) is 15.2. The number of pyridine rings is 1. The van der Waals surface area contributed by atoms with Crippen molar-refractivity contribution in [2.75, 3.05) is 38.7 Å². The van der Waals surface area contributed by atoms with Gasteiger partial charge in [0.15, 0.2) is 0 Å². The molecule has 1 aromatic heterocycles. The molecule has 0 unspecified atom stereocenters. The van der Waals surface area contributed by atoms with Crippen molar-refractivity contribution in [2.45, 2.75) is 17.7 Å². The topological polar surface area (TPSA) is 91.6 Å². The van der Waals surface area contributed by atoms with Crippen molar-refractivity contribution in [1.29, 1.82) is 0 Å². The van der Waals surface area contributed by atoms with E-state index in [-0.39, 0.29) is 4.90 Å². The lowest BCUT2D eigenvalue weighted by Crippen LogP contribution is -2.35. The van der Waals surface area contributed by atoms with E-state index in [0.29, 0.717) is 12.2 Å². The lowest BCUT2D eigenvalue weighted by atomic mass is 10.4. The maximum absolute atomic E-state index is 12.5. The molecule has 8 heteroatoms. The van der Waals surface area contributed by atoms with Gasteiger partial charge in [0.05, 0.1) is 5.69 Å². The quantitative estimate of drug-likeness (QED) is 0.571. The van der Waals surface area contributed by atoms with E-state index in [1.165, 1.54) is 29.5 Å². The Bertz CT molecular complexity index is 543. The summed E-state index contributed by atoms with van der Waals surface area (Å²) < 4.78 is 26.3. The Balaban J connectivity index is 2.08. The molecule has 0 amide bonds. The fourth-order valence-corrected chi connectivity index (χ4v) is 3.54. The third kappa shape index (κ3) is 3.26. The second-order valence-electron chi connectivity index (χ2n) is 4.89. The molecule has 0 aliphatic carbocycles. The molecule has 0 saturated carbocycles. The SMILES string of the molecule is CN(CCN1CCCC1)S(=O)(=O)c1cnccc1NN. The molecule has 1 fully saturated rings. The summed E-state index contributed by atoms with van der Waals surface area (Å²) in [6, 6.07) is 1.54. The molecule has 0 bridgehead atoms. The van der Waals surface area contributed by atoms with Gasteiger partial charge >= 0.3 is 0 Å². The molecular formula is C12H21N5O2S. The summed E-state index contributed by atoms with van der Waals surface area (Å²) >= 11 is 0. The van der Waals surface area contributed by atoms with Crippen LogP contribution in [-0.2, 0) is 10.0 Å². The van der Waals surface area contributed by atoms with Gasteiger partial charge in [0, 0.05) is 32.5 Å². The third-order valence-corrected chi connectivity index (χ3v) is 5.44. The second kappa shape index (κ2) is 6.49. The van der Waals surface area contributed by atoms with Crippen molar-refractivity contribution in [3.05, 3.63) is 18.5 Å². The molecule has 1 aliphatic rings. The molecule has 1 saturated heterocycles. The second-order valence-corrected chi connectivity index (χ2v) is 6.90. The largest absolute Gasteiger partial charge is 0.323 e. The molecule has 0 radical (unpaired) electrons. The van der Waals surface area contributed by atoms with Crippen molar-refractivity contribution >= 4 is 15.7 Å². The number of rotatable bonds is 6. The Morgan fingerprint density at radius 2 is 2.15 bits per heavy atom. The number of hydrazine groups is 1. The molecular weight excluding hydrogens is 278 g/mol. The van der Waals surface area contributed by atoms with Crippen LogP contribution < -0.4 is 11.3 Å². The van der Waals surface area contributed by atoms with Crippen LogP contribution in [-0.4, -0.2) is 55.8 Å². The molecule has 0 aromatic carbocycles. The van der Waals surface area contributed by atoms with Crippen molar-refractivity contribution in [3.63, 3.8) is 0 Å². The first-order chi connectivity index (χ1) is 9.55. The van der Waals surface area contributed by atoms with Crippen LogP contribution in [0.5, 0.6) is 0 Å². The van der Waals surface area contributed by atoms with Gasteiger partial charge in [-0.15, -0.1) is 0 Å². The maximum atomic E-state index is 12.5. The summed E-state index contributed by atoms with van der Waals surface area (Å²) in [4.78, 5) is 6.25. The fourth-order valence-electron chi connectivity index (χ4n) is 2.28. The number of anilines is 1. The van der Waals surface area contributed by atoms with Crippen molar-refractivity contribution < 1.29 is 8.42 Å². The number of likely N-dealkylation sites (N-methyl/N-ethyl adjacent to an activating group) is 1. The fraction of sp³-hybridized carbons (Fsp3) is 0.583. The van der Waals surface area contributed by atoms with Gasteiger partial charge in [0.1, 0.15) is 4.90 Å². The van der Waals surface area contributed by atoms with Gasteiger partial charge in [-0.1, -0.05) is 0 Å². The first-order valence-electron chi connectivity index (χ1n) is 6.65. The van der Waals surface area contributed by atoms with E-state index in [1.54, 1.807) is 13.1 Å². The Labute approximate surface area is 119 Å². The smallest absolute Gasteiger partial charge is 0.246 e. The maximum Gasteiger partial charge on any atom is 0.246 e. The van der Waals surface area contributed by atoms with E-state index in [2.05, 4.69) is 15.3 Å². The molecule has 0 atom stereocenters. The number of hydrogen-bond donors (Lipinski definition) is 2. The van der Waals surface area contributed by atoms with Gasteiger partial charge in [-0.05, 0) is 32.0 Å². The number of sulfonamides is 1. The number of nitrogens with zero attached hydrogens (tertiary/aromatic N) is 3. The Morgan fingerprint density at radius 3 is 2.80 bits per heavy atom. The Hall–Kier alpha value is -1.22. The molecule has 1 aliphatic heterocycles. The Kier molecular flexibility index (Phi) is 4.92. The monoisotopic (exact) mass is 299 g/mol. The minimum atomic E-state index is -3.57. The number of nitrogens with two attached hydrogens (primary N) is 1. The first-order valence-corrected chi connectivity index (χ1v) is 8.09. The summed E-state index contributed by atoms with van der Waals surface area (Å²) in [5.41, 5.74) is 2.75. The van der Waals surface area contributed by atoms with E-state index >= 15 is 0 Å². The van der Waals surface area contributed by atoms with E-state index in [1.807, 2.05) is 0 Å². The van der Waals surface area contributed by atoms with Crippen LogP contribution in [0.2, 0.25) is 0 Å². The number of nitrogens with one attached hydrogen (secondary N) is 1. The minimum Gasteiger partial charge on any atom is -0.323 e. The molecule has 20 heavy (non-hydrogen) atoms. The number of nitrogen functional groups attached to an aromatic ring is 1. The van der Waals surface area contributed by atoms with Gasteiger partial charge in [0.2, 0.25) is 10.0 Å². The van der Waals surface area contributed by atoms with Crippen LogP contribution in [0, 0.1) is 0 Å². The van der Waals surface area contributed by atoms with Crippen molar-refractivity contribution in [2.24, 2.45) is 5.84 Å². The van der Waals surface area contributed by atoms with Crippen LogP contribution in [0.25, 0.3) is 0 Å². The normalized spacial score (nSPS) is 16.8. The summed E-state index contributed by atoms with van der Waals surface area (Å²) in [6.07, 6.45) is 5.20. The van der Waals surface area contributed by atoms with Crippen LogP contribution in [0.4, 0.5) is 5.69 Å². The predicted octanol–water partition coefficient (Wildman–Crippen LogP) is 0.0835. The van der Waals surface area contributed by atoms with Gasteiger partial charge in [-0.3, -0.25) is 10.8 Å². The van der Waals surface area contributed by atoms with Crippen LogP contribution in [0.15, 0.2) is 23.4 Å². The zero-order valence-electron chi connectivity index (χ0n) is 11.6. The summed E-state index contributed by atoms with van der Waals surface area (Å²) in [6.45, 7) is 3.31. The average molecular weight is 299 g/mol. The number of likely N-dealkylation sites (tertiary alicyclic amines) is 1. The van der Waals surface area contributed by atoms with Gasteiger partial charge in [-0.2, -0.15) is 4.31 Å². The van der Waals surface area contributed by atoms with E-state index in [4.69, 9.17) is 5.84 Å². The molecule has 3 N–H and O–H groups in total. The number of aromatic nitrogens is 1. The molecule has 112 valence electrons. The zero-order chi connectivity index (χ0) is 14.6. The van der Waals surface area contributed by atoms with E-state index in [0.717, 1.165) is 19.6 Å². The predicted molar refractivity (Wildman–Crippen MR) is 77.5 cm³/mol. The highest BCUT2D eigenvalue weighted by molar-refractivity contribution is 7.89. The molecule has 2 rings (SSSR count). The summed E-state index contributed by atoms with van der Waals surface area (Å²) in [5.74, 6) is 5.35. The van der Waals surface area contributed by atoms with Crippen LogP contribution in [0.1, 0.15) is 12.8 Å². The lowest BCUT2D eigenvalue weighted by molar-refractivity contribution is 0.310. The highest BCUT2D eigenvalue weighted by Gasteiger charge is 2.24. The molecule has 2 heterocycles. The molecule has 1 aromatic rings. The zero-order valence-corrected chi connectivity index (χ0v) is 12.4. The van der Waals surface area contributed by atoms with Crippen molar-refractivity contribution in [3.8, 4) is 0 Å². The van der Waals surface area contributed by atoms with Gasteiger partial charge in [-0.25, -0.2) is 8.42 Å². The molecule has 0 spiro atoms. The highest BCUT2D eigenvalue weighted by atomic mass is 32.2. The Morgan fingerprint density at radius 1 is 1.45 bits per heavy atom. The number of hydrogen-bond acceptors (Lipinski definition) is 6. The third-order valence-electron chi connectivity index (χ3n) is 3.56. The highest BCUT2D eigenvalue weighted by Crippen LogP contribution is 2.21. The lowest BCUT2D eigenvalue weighted by Gasteiger charge is -2.22. The minimum absolute atomic E-state index is 0.103. The van der Waals surface area contributed by atoms with Crippen LogP contribution in [0.3, 0.4) is 0 Å². The van der Waals surface area contributed by atoms with Gasteiger partial charge in [0.25, 0.3) is 0 Å². The summed E-state index contributed by atoms with van der Waals surface area (Å²) in [7, 11) is -1.99. The summed E-state index contributed by atoms with van der Waals surface area (Å²) in [5, 5.41) is 0.